The van der Waals surface area contributed by atoms with Crippen LogP contribution in [0, 0.1) is 0 Å². The van der Waals surface area contributed by atoms with Crippen molar-refractivity contribution in [1.29, 1.82) is 0 Å². The third kappa shape index (κ3) is 6.04. The lowest BCUT2D eigenvalue weighted by Gasteiger charge is -2.09. The van der Waals surface area contributed by atoms with E-state index in [1.807, 2.05) is 6.92 Å². The van der Waals surface area contributed by atoms with Gasteiger partial charge >= 0.3 is 0 Å². The zero-order valence-corrected chi connectivity index (χ0v) is 12.5. The summed E-state index contributed by atoms with van der Waals surface area (Å²) < 4.78 is 47.5. The number of anilines is 1. The molecular formula is C11H18N2O4S2. The van der Waals surface area contributed by atoms with Gasteiger partial charge in [-0.2, -0.15) is 0 Å². The summed E-state index contributed by atoms with van der Waals surface area (Å²) in [5, 5.41) is 0. The number of rotatable bonds is 6. The third-order valence-corrected chi connectivity index (χ3v) is 4.93. The normalized spacial score (nSPS) is 14.1. The number of hydrogen-bond donors (Lipinski definition) is 2. The molecule has 108 valence electrons. The highest BCUT2D eigenvalue weighted by Gasteiger charge is 2.14. The van der Waals surface area contributed by atoms with Crippen LogP contribution in [-0.4, -0.2) is 34.6 Å². The lowest BCUT2D eigenvalue weighted by atomic mass is 10.1. The van der Waals surface area contributed by atoms with Crippen LogP contribution in [0.15, 0.2) is 24.3 Å². The van der Waals surface area contributed by atoms with Crippen LogP contribution in [0.3, 0.4) is 0 Å². The molecule has 1 aromatic carbocycles. The Balaban J connectivity index is 2.73. The van der Waals surface area contributed by atoms with Crippen molar-refractivity contribution in [3.05, 3.63) is 29.8 Å². The summed E-state index contributed by atoms with van der Waals surface area (Å²) in [5.74, 6) is -0.860. The Morgan fingerprint density at radius 2 is 1.63 bits per heavy atom. The molecular weight excluding hydrogens is 288 g/mol. The summed E-state index contributed by atoms with van der Waals surface area (Å²) in [6.45, 7) is 1.82. The molecule has 0 spiro atoms. The molecule has 0 aliphatic heterocycles. The monoisotopic (exact) mass is 306 g/mol. The van der Waals surface area contributed by atoms with E-state index in [0.29, 0.717) is 5.69 Å². The first-order chi connectivity index (χ1) is 8.59. The summed E-state index contributed by atoms with van der Waals surface area (Å²) >= 11 is 0. The van der Waals surface area contributed by atoms with Gasteiger partial charge in [-0.05, 0) is 24.6 Å². The van der Waals surface area contributed by atoms with Gasteiger partial charge in [-0.15, -0.1) is 0 Å². The van der Waals surface area contributed by atoms with E-state index < -0.39 is 31.4 Å². The van der Waals surface area contributed by atoms with Crippen LogP contribution in [0.2, 0.25) is 0 Å². The van der Waals surface area contributed by atoms with Crippen LogP contribution >= 0.6 is 0 Å². The lowest BCUT2D eigenvalue weighted by molar-refractivity contribution is 0.593. The fraction of sp³-hybridized carbons (Fsp3) is 0.455. The van der Waals surface area contributed by atoms with Gasteiger partial charge < -0.3 is 5.73 Å². The minimum absolute atomic E-state index is 0.129. The Bertz CT molecular complexity index is 619. The molecule has 3 N–H and O–H groups in total. The molecule has 6 nitrogen and oxygen atoms in total. The minimum Gasteiger partial charge on any atom is -0.324 e. The predicted molar refractivity (Wildman–Crippen MR) is 76.2 cm³/mol. The van der Waals surface area contributed by atoms with Crippen LogP contribution < -0.4 is 10.5 Å². The Morgan fingerprint density at radius 3 is 2.05 bits per heavy atom. The summed E-state index contributed by atoms with van der Waals surface area (Å²) in [4.78, 5) is 0. The number of hydrogen-bond acceptors (Lipinski definition) is 5. The molecule has 0 saturated heterocycles. The van der Waals surface area contributed by atoms with Crippen molar-refractivity contribution in [3.8, 4) is 0 Å². The number of benzene rings is 1. The van der Waals surface area contributed by atoms with Gasteiger partial charge in [0, 0.05) is 18.0 Å². The zero-order valence-electron chi connectivity index (χ0n) is 10.8. The molecule has 0 aromatic heterocycles. The van der Waals surface area contributed by atoms with Crippen molar-refractivity contribution in [2.45, 2.75) is 13.0 Å². The van der Waals surface area contributed by atoms with E-state index in [-0.39, 0.29) is 6.04 Å². The Labute approximate surface area is 114 Å². The van der Waals surface area contributed by atoms with Crippen molar-refractivity contribution in [1.82, 2.24) is 0 Å². The standard InChI is InChI=1S/C11H18N2O4S2/c1-9(12)10-3-5-11(6-4-10)13-19(16,17)8-7-18(2,14)15/h3-6,9,13H,7-8,12H2,1-2H3. The van der Waals surface area contributed by atoms with Crippen LogP contribution in [0.5, 0.6) is 0 Å². The second-order valence-corrected chi connectivity index (χ2v) is 8.56. The van der Waals surface area contributed by atoms with Gasteiger partial charge in [0.1, 0.15) is 9.84 Å². The molecule has 0 radical (unpaired) electrons. The maximum absolute atomic E-state index is 11.7. The molecule has 1 rings (SSSR count). The quantitative estimate of drug-likeness (QED) is 0.795. The molecule has 19 heavy (non-hydrogen) atoms. The second-order valence-electron chi connectivity index (χ2n) is 4.46. The second kappa shape index (κ2) is 5.89. The van der Waals surface area contributed by atoms with Crippen molar-refractivity contribution in [2.24, 2.45) is 5.73 Å². The van der Waals surface area contributed by atoms with Crippen molar-refractivity contribution < 1.29 is 16.8 Å². The van der Waals surface area contributed by atoms with E-state index in [2.05, 4.69) is 4.72 Å². The lowest BCUT2D eigenvalue weighted by Crippen LogP contribution is -2.22. The maximum Gasteiger partial charge on any atom is 0.233 e. The Kier molecular flexibility index (Phi) is 4.94. The Hall–Kier alpha value is -1.12. The molecule has 8 heteroatoms. The van der Waals surface area contributed by atoms with Crippen LogP contribution in [0.1, 0.15) is 18.5 Å². The summed E-state index contributed by atoms with van der Waals surface area (Å²) in [6.07, 6.45) is 1.000. The largest absolute Gasteiger partial charge is 0.324 e. The van der Waals surface area contributed by atoms with E-state index in [4.69, 9.17) is 5.73 Å². The van der Waals surface area contributed by atoms with Crippen LogP contribution in [0.25, 0.3) is 0 Å². The minimum atomic E-state index is -3.66. The number of nitrogens with one attached hydrogen (secondary N) is 1. The van der Waals surface area contributed by atoms with Gasteiger partial charge in [-0.1, -0.05) is 12.1 Å². The number of nitrogens with two attached hydrogens (primary N) is 1. The highest BCUT2D eigenvalue weighted by molar-refractivity contribution is 7.95. The molecule has 1 unspecified atom stereocenters. The van der Waals surface area contributed by atoms with Crippen LogP contribution in [0.4, 0.5) is 5.69 Å². The zero-order chi connectivity index (χ0) is 14.7. The van der Waals surface area contributed by atoms with E-state index in [1.54, 1.807) is 24.3 Å². The SMILES string of the molecule is CC(N)c1ccc(NS(=O)(=O)CCS(C)(=O)=O)cc1. The van der Waals surface area contributed by atoms with Gasteiger partial charge in [0.25, 0.3) is 0 Å². The fourth-order valence-electron chi connectivity index (χ4n) is 1.35. The van der Waals surface area contributed by atoms with E-state index in [0.717, 1.165) is 11.8 Å². The summed E-state index contributed by atoms with van der Waals surface area (Å²) in [7, 11) is -6.96. The molecule has 0 aliphatic carbocycles. The Morgan fingerprint density at radius 1 is 1.11 bits per heavy atom. The van der Waals surface area contributed by atoms with Gasteiger partial charge in [0.05, 0.1) is 11.5 Å². The molecule has 0 heterocycles. The number of sulfonamides is 1. The maximum atomic E-state index is 11.7. The van der Waals surface area contributed by atoms with Crippen molar-refractivity contribution >= 4 is 25.5 Å². The van der Waals surface area contributed by atoms with E-state index in [1.165, 1.54) is 0 Å². The molecule has 0 aliphatic rings. The van der Waals surface area contributed by atoms with Crippen molar-refractivity contribution in [3.63, 3.8) is 0 Å². The average Bonchev–Trinajstić information content (AvgIpc) is 2.26. The fourth-order valence-corrected chi connectivity index (χ4v) is 4.03. The molecule has 0 bridgehead atoms. The van der Waals surface area contributed by atoms with Crippen LogP contribution in [-0.2, 0) is 19.9 Å². The van der Waals surface area contributed by atoms with E-state index >= 15 is 0 Å². The molecule has 1 atom stereocenters. The van der Waals surface area contributed by atoms with Crippen molar-refractivity contribution in [2.75, 3.05) is 22.5 Å². The van der Waals surface area contributed by atoms with Gasteiger partial charge in [0.2, 0.25) is 10.0 Å². The molecule has 0 amide bonds. The molecule has 0 saturated carbocycles. The van der Waals surface area contributed by atoms with Gasteiger partial charge in [-0.25, -0.2) is 16.8 Å². The smallest absolute Gasteiger partial charge is 0.233 e. The number of sulfone groups is 1. The highest BCUT2D eigenvalue weighted by atomic mass is 32.2. The third-order valence-electron chi connectivity index (χ3n) is 2.43. The van der Waals surface area contributed by atoms with Gasteiger partial charge in [-0.3, -0.25) is 4.72 Å². The molecule has 0 fully saturated rings. The highest BCUT2D eigenvalue weighted by Crippen LogP contribution is 2.15. The van der Waals surface area contributed by atoms with Gasteiger partial charge in [0.15, 0.2) is 0 Å². The average molecular weight is 306 g/mol. The summed E-state index contributed by atoms with van der Waals surface area (Å²) in [6, 6.07) is 6.50. The first-order valence-corrected chi connectivity index (χ1v) is 9.34. The molecule has 1 aromatic rings. The topological polar surface area (TPSA) is 106 Å². The predicted octanol–water partition coefficient (Wildman–Crippen LogP) is 0.493. The first kappa shape index (κ1) is 15.9. The first-order valence-electron chi connectivity index (χ1n) is 5.63. The summed E-state index contributed by atoms with van der Waals surface area (Å²) in [5.41, 5.74) is 6.96. The van der Waals surface area contributed by atoms with E-state index in [9.17, 15) is 16.8 Å².